The Morgan fingerprint density at radius 1 is 1.04 bits per heavy atom. The summed E-state index contributed by atoms with van der Waals surface area (Å²) >= 11 is 0. The summed E-state index contributed by atoms with van der Waals surface area (Å²) in [5, 5.41) is 66.6. The van der Waals surface area contributed by atoms with E-state index in [9.17, 15) is 35.4 Å². The first kappa shape index (κ1) is 18.4. The van der Waals surface area contributed by atoms with Crippen LogP contribution >= 0.6 is 0 Å². The first-order valence-corrected chi connectivity index (χ1v) is 6.96. The van der Waals surface area contributed by atoms with Gasteiger partial charge in [-0.1, -0.05) is 0 Å². The summed E-state index contributed by atoms with van der Waals surface area (Å²) in [5.74, 6) is -1.38. The van der Waals surface area contributed by atoms with Gasteiger partial charge >= 0.3 is 5.97 Å². The minimum atomic E-state index is -1.75. The van der Waals surface area contributed by atoms with Crippen LogP contribution in [-0.2, 0) is 19.0 Å². The van der Waals surface area contributed by atoms with Gasteiger partial charge in [0.15, 0.2) is 18.7 Å². The highest BCUT2D eigenvalue weighted by Gasteiger charge is 2.48. The lowest BCUT2D eigenvalue weighted by molar-refractivity contribution is -0.342. The van der Waals surface area contributed by atoms with Gasteiger partial charge in [-0.25, -0.2) is 4.79 Å². The highest BCUT2D eigenvalue weighted by atomic mass is 16.7. The zero-order valence-electron chi connectivity index (χ0n) is 11.9. The highest BCUT2D eigenvalue weighted by molar-refractivity contribution is 5.72. The Bertz CT molecular complexity index is 416. The molecular formula is C12H20O11. The second-order valence-electron chi connectivity index (χ2n) is 5.45. The molecular weight excluding hydrogens is 320 g/mol. The Kier molecular flexibility index (Phi) is 5.89. The molecule has 9 atom stereocenters. The molecule has 0 amide bonds. The lowest BCUT2D eigenvalue weighted by Gasteiger charge is -2.43. The van der Waals surface area contributed by atoms with Crippen molar-refractivity contribution < 1.29 is 54.8 Å². The number of carboxylic acid groups (broad SMARTS) is 1. The number of aliphatic carboxylic acids is 1. The van der Waals surface area contributed by atoms with Gasteiger partial charge in [0.1, 0.15) is 30.5 Å². The van der Waals surface area contributed by atoms with Gasteiger partial charge in [0.05, 0.1) is 12.7 Å². The summed E-state index contributed by atoms with van der Waals surface area (Å²) in [6, 6.07) is 0. The fourth-order valence-corrected chi connectivity index (χ4v) is 2.50. The fourth-order valence-electron chi connectivity index (χ4n) is 2.50. The van der Waals surface area contributed by atoms with Crippen molar-refractivity contribution in [1.82, 2.24) is 0 Å². The van der Waals surface area contributed by atoms with E-state index >= 15 is 0 Å². The molecule has 0 bridgehead atoms. The minimum absolute atomic E-state index is 0.356. The maximum absolute atomic E-state index is 11.0. The molecule has 23 heavy (non-hydrogen) atoms. The second kappa shape index (κ2) is 7.34. The first-order valence-electron chi connectivity index (χ1n) is 6.96. The van der Waals surface area contributed by atoms with E-state index < -0.39 is 67.9 Å². The Labute approximate surface area is 130 Å². The molecule has 134 valence electrons. The monoisotopic (exact) mass is 340 g/mol. The van der Waals surface area contributed by atoms with Crippen molar-refractivity contribution in [3.8, 4) is 0 Å². The molecule has 2 heterocycles. The summed E-state index contributed by atoms with van der Waals surface area (Å²) in [4.78, 5) is 11.0. The van der Waals surface area contributed by atoms with Gasteiger partial charge in [0.25, 0.3) is 0 Å². The number of aliphatic hydroxyl groups excluding tert-OH is 6. The molecule has 0 aliphatic carbocycles. The molecule has 0 aromatic carbocycles. The number of hydrogen-bond acceptors (Lipinski definition) is 10. The number of carbonyl (C=O) groups is 1. The van der Waals surface area contributed by atoms with Gasteiger partial charge in [-0.05, 0) is 0 Å². The highest BCUT2D eigenvalue weighted by Crippen LogP contribution is 2.28. The van der Waals surface area contributed by atoms with Crippen molar-refractivity contribution in [2.24, 2.45) is 0 Å². The van der Waals surface area contributed by atoms with Crippen LogP contribution in [0, 0.1) is 0 Å². The SMILES string of the molecule is O=C(O)C1C[C@H](O)C(O)[C@H](O[C@H]2C(O)C(O)[C@H](O)O[C@H]2CO)O1. The third-order valence-electron chi connectivity index (χ3n) is 3.83. The topological polar surface area (TPSA) is 186 Å². The lowest BCUT2D eigenvalue weighted by Crippen LogP contribution is -2.62. The van der Waals surface area contributed by atoms with Crippen LogP contribution in [0.2, 0.25) is 0 Å². The molecule has 0 spiro atoms. The maximum Gasteiger partial charge on any atom is 0.333 e. The largest absolute Gasteiger partial charge is 0.479 e. The van der Waals surface area contributed by atoms with Crippen molar-refractivity contribution in [3.63, 3.8) is 0 Å². The molecule has 0 aromatic rings. The Hall–Kier alpha value is -0.890. The number of ether oxygens (including phenoxy) is 3. The van der Waals surface area contributed by atoms with Gasteiger partial charge < -0.3 is 50.0 Å². The van der Waals surface area contributed by atoms with Gasteiger partial charge in [0, 0.05) is 6.42 Å². The van der Waals surface area contributed by atoms with E-state index in [2.05, 4.69) is 0 Å². The molecule has 11 nitrogen and oxygen atoms in total. The summed E-state index contributed by atoms with van der Waals surface area (Å²) in [6.45, 7) is -0.695. The smallest absolute Gasteiger partial charge is 0.333 e. The zero-order valence-corrected chi connectivity index (χ0v) is 11.9. The van der Waals surface area contributed by atoms with Crippen LogP contribution in [0.4, 0.5) is 0 Å². The van der Waals surface area contributed by atoms with Crippen molar-refractivity contribution in [2.45, 2.75) is 61.7 Å². The van der Waals surface area contributed by atoms with Crippen molar-refractivity contribution in [2.75, 3.05) is 6.61 Å². The molecule has 0 aromatic heterocycles. The molecule has 4 unspecified atom stereocenters. The van der Waals surface area contributed by atoms with Crippen LogP contribution in [0.3, 0.4) is 0 Å². The molecule has 2 saturated heterocycles. The number of rotatable bonds is 4. The van der Waals surface area contributed by atoms with Gasteiger partial charge in [-0.3, -0.25) is 0 Å². The molecule has 0 saturated carbocycles. The summed E-state index contributed by atoms with van der Waals surface area (Å²) < 4.78 is 15.1. The van der Waals surface area contributed by atoms with Crippen molar-refractivity contribution >= 4 is 5.97 Å². The molecule has 0 radical (unpaired) electrons. The predicted molar refractivity (Wildman–Crippen MR) is 67.8 cm³/mol. The Morgan fingerprint density at radius 2 is 1.70 bits per heavy atom. The van der Waals surface area contributed by atoms with Crippen LogP contribution in [0.15, 0.2) is 0 Å². The van der Waals surface area contributed by atoms with Crippen molar-refractivity contribution in [1.29, 1.82) is 0 Å². The van der Waals surface area contributed by atoms with Crippen LogP contribution < -0.4 is 0 Å². The fraction of sp³-hybridized carbons (Fsp3) is 0.917. The number of carboxylic acids is 1. The van der Waals surface area contributed by atoms with Gasteiger partial charge in [-0.2, -0.15) is 0 Å². The van der Waals surface area contributed by atoms with E-state index in [1.165, 1.54) is 0 Å². The third-order valence-corrected chi connectivity index (χ3v) is 3.83. The number of aliphatic hydroxyl groups is 6. The van der Waals surface area contributed by atoms with Crippen LogP contribution in [0.1, 0.15) is 6.42 Å². The average Bonchev–Trinajstić information content (AvgIpc) is 2.51. The average molecular weight is 340 g/mol. The quantitative estimate of drug-likeness (QED) is 0.262. The van der Waals surface area contributed by atoms with Crippen molar-refractivity contribution in [3.05, 3.63) is 0 Å². The summed E-state index contributed by atoms with van der Waals surface area (Å²) in [6.07, 6.45) is -14.4. The summed E-state index contributed by atoms with van der Waals surface area (Å²) in [7, 11) is 0. The van der Waals surface area contributed by atoms with E-state index in [1.54, 1.807) is 0 Å². The number of hydrogen-bond donors (Lipinski definition) is 7. The zero-order chi connectivity index (χ0) is 17.3. The van der Waals surface area contributed by atoms with Gasteiger partial charge in [0.2, 0.25) is 0 Å². The molecule has 2 aliphatic heterocycles. The van der Waals surface area contributed by atoms with Crippen LogP contribution in [0.25, 0.3) is 0 Å². The molecule has 2 rings (SSSR count). The maximum atomic E-state index is 11.0. The molecule has 11 heteroatoms. The Morgan fingerprint density at radius 3 is 2.26 bits per heavy atom. The van der Waals surface area contributed by atoms with E-state index in [-0.39, 0.29) is 6.42 Å². The molecule has 2 aliphatic rings. The lowest BCUT2D eigenvalue weighted by atomic mass is 9.98. The first-order chi connectivity index (χ1) is 10.8. The van der Waals surface area contributed by atoms with E-state index in [4.69, 9.17) is 19.3 Å². The predicted octanol–water partition coefficient (Wildman–Crippen LogP) is -4.28. The normalized spacial score (nSPS) is 48.2. The molecule has 7 N–H and O–H groups in total. The third kappa shape index (κ3) is 3.79. The van der Waals surface area contributed by atoms with E-state index in [0.717, 1.165) is 0 Å². The molecule has 2 fully saturated rings. The van der Waals surface area contributed by atoms with E-state index in [1.807, 2.05) is 0 Å². The van der Waals surface area contributed by atoms with Gasteiger partial charge in [-0.15, -0.1) is 0 Å². The second-order valence-corrected chi connectivity index (χ2v) is 5.45. The van der Waals surface area contributed by atoms with Crippen LogP contribution in [0.5, 0.6) is 0 Å². The van der Waals surface area contributed by atoms with E-state index in [0.29, 0.717) is 0 Å². The standard InChI is InChI=1S/C12H20O11/c13-2-5-9(7(16)8(17)11(20)21-5)23-12-6(15)3(14)1-4(22-12)10(18)19/h3-9,11-17,20H,1-2H2,(H,18,19)/t3-,4?,5-,6?,7?,8?,9+,11+,12-/m0/s1. The minimum Gasteiger partial charge on any atom is -0.479 e. The summed E-state index contributed by atoms with van der Waals surface area (Å²) in [5.41, 5.74) is 0. The van der Waals surface area contributed by atoms with Crippen LogP contribution in [-0.4, -0.2) is 104 Å². The Balaban J connectivity index is 2.12.